The van der Waals surface area contributed by atoms with Crippen LogP contribution >= 0.6 is 0 Å². The Bertz CT molecular complexity index is 622. The Hall–Kier alpha value is -2.42. The molecule has 21 heavy (non-hydrogen) atoms. The highest BCUT2D eigenvalue weighted by atomic mass is 19.1. The molecule has 2 rings (SSSR count). The van der Waals surface area contributed by atoms with Gasteiger partial charge in [-0.25, -0.2) is 4.39 Å². The van der Waals surface area contributed by atoms with E-state index >= 15 is 0 Å². The van der Waals surface area contributed by atoms with Crippen molar-refractivity contribution in [2.45, 2.75) is 26.4 Å². The molecule has 2 amide bonds. The summed E-state index contributed by atoms with van der Waals surface area (Å²) in [5.74, 6) is -1.70. The lowest BCUT2D eigenvalue weighted by Gasteiger charge is -2.36. The molecule has 1 saturated heterocycles. The molecule has 0 unspecified atom stereocenters. The number of hydrogen-bond acceptors (Lipinski definition) is 3. The summed E-state index contributed by atoms with van der Waals surface area (Å²) < 4.78 is 13.8. The van der Waals surface area contributed by atoms with Crippen LogP contribution in [0.4, 0.5) is 4.39 Å². The molecule has 0 spiro atoms. The Morgan fingerprint density at radius 2 is 2.00 bits per heavy atom. The minimum atomic E-state index is -0.612. The number of carbonyl (C=O) groups excluding carboxylic acids is 2. The zero-order chi connectivity index (χ0) is 15.6. The molecule has 110 valence electrons. The van der Waals surface area contributed by atoms with Gasteiger partial charge in [0.15, 0.2) is 0 Å². The van der Waals surface area contributed by atoms with Gasteiger partial charge in [0.05, 0.1) is 11.6 Å². The van der Waals surface area contributed by atoms with Crippen molar-refractivity contribution in [1.82, 2.24) is 9.80 Å². The smallest absolute Gasteiger partial charge is 0.312 e. The molecule has 0 saturated carbocycles. The van der Waals surface area contributed by atoms with E-state index in [0.29, 0.717) is 18.7 Å². The minimum Gasteiger partial charge on any atom is -0.330 e. The highest BCUT2D eigenvalue weighted by Crippen LogP contribution is 2.16. The number of amides is 2. The molecule has 1 fully saturated rings. The van der Waals surface area contributed by atoms with Crippen LogP contribution < -0.4 is 0 Å². The van der Waals surface area contributed by atoms with Crippen LogP contribution in [0.2, 0.25) is 0 Å². The van der Waals surface area contributed by atoms with Crippen molar-refractivity contribution in [2.75, 3.05) is 13.1 Å². The molecule has 1 aliphatic heterocycles. The topological polar surface area (TPSA) is 64.4 Å². The second-order valence-corrected chi connectivity index (χ2v) is 5.24. The van der Waals surface area contributed by atoms with Gasteiger partial charge in [-0.3, -0.25) is 9.59 Å². The first-order valence-electron chi connectivity index (χ1n) is 6.72. The highest BCUT2D eigenvalue weighted by Gasteiger charge is 2.33. The molecule has 0 N–H and O–H groups in total. The lowest BCUT2D eigenvalue weighted by Crippen LogP contribution is -2.55. The summed E-state index contributed by atoms with van der Waals surface area (Å²) in [6.07, 6.45) is 0. The van der Waals surface area contributed by atoms with Crippen LogP contribution in [0.25, 0.3) is 0 Å². The van der Waals surface area contributed by atoms with E-state index in [2.05, 4.69) is 0 Å². The number of piperazine rings is 1. The Morgan fingerprint density at radius 1 is 1.29 bits per heavy atom. The zero-order valence-electron chi connectivity index (χ0n) is 12.0. The third-order valence-electron chi connectivity index (χ3n) is 3.51. The van der Waals surface area contributed by atoms with E-state index < -0.39 is 17.6 Å². The van der Waals surface area contributed by atoms with E-state index in [1.54, 1.807) is 0 Å². The summed E-state index contributed by atoms with van der Waals surface area (Å²) in [5, 5.41) is 8.70. The first-order chi connectivity index (χ1) is 9.93. The van der Waals surface area contributed by atoms with Gasteiger partial charge >= 0.3 is 11.8 Å². The van der Waals surface area contributed by atoms with E-state index in [-0.39, 0.29) is 18.2 Å². The fourth-order valence-corrected chi connectivity index (χ4v) is 2.28. The van der Waals surface area contributed by atoms with Gasteiger partial charge in [0.1, 0.15) is 5.82 Å². The monoisotopic (exact) mass is 289 g/mol. The van der Waals surface area contributed by atoms with Crippen molar-refractivity contribution in [2.24, 2.45) is 0 Å². The second-order valence-electron chi connectivity index (χ2n) is 5.24. The van der Waals surface area contributed by atoms with Gasteiger partial charge in [-0.1, -0.05) is 6.07 Å². The fourth-order valence-electron chi connectivity index (χ4n) is 2.28. The molecule has 1 aromatic rings. The first-order valence-corrected chi connectivity index (χ1v) is 6.72. The van der Waals surface area contributed by atoms with Crippen molar-refractivity contribution in [3.63, 3.8) is 0 Å². The van der Waals surface area contributed by atoms with Crippen molar-refractivity contribution in [3.05, 3.63) is 35.1 Å². The fraction of sp³-hybridized carbons (Fsp3) is 0.400. The van der Waals surface area contributed by atoms with Gasteiger partial charge < -0.3 is 9.80 Å². The van der Waals surface area contributed by atoms with Crippen molar-refractivity contribution < 1.29 is 14.0 Å². The van der Waals surface area contributed by atoms with Crippen LogP contribution in [0.3, 0.4) is 0 Å². The van der Waals surface area contributed by atoms with E-state index in [1.165, 1.54) is 21.9 Å². The number of carbonyl (C=O) groups is 2. The number of nitrogens with zero attached hydrogens (tertiary/aromatic N) is 3. The van der Waals surface area contributed by atoms with Crippen molar-refractivity contribution >= 4 is 11.8 Å². The van der Waals surface area contributed by atoms with Crippen LogP contribution in [-0.2, 0) is 16.1 Å². The number of nitriles is 1. The molecule has 0 aromatic heterocycles. The van der Waals surface area contributed by atoms with Crippen molar-refractivity contribution in [1.29, 1.82) is 5.26 Å². The summed E-state index contributed by atoms with van der Waals surface area (Å²) >= 11 is 0. The SMILES string of the molecule is CC(C)N1CCN(Cc2ccc(C#N)cc2F)C(=O)C1=O. The standard InChI is InChI=1S/C15H16FN3O2/c1-10(2)19-6-5-18(14(20)15(19)21)9-12-4-3-11(8-17)7-13(12)16/h3-4,7,10H,5-6,9H2,1-2H3. The molecule has 1 aromatic carbocycles. The number of benzene rings is 1. The number of hydrogen-bond donors (Lipinski definition) is 0. The quantitative estimate of drug-likeness (QED) is 0.787. The molecule has 0 bridgehead atoms. The summed E-state index contributed by atoms with van der Waals surface area (Å²) in [6, 6.07) is 5.92. The molecule has 0 atom stereocenters. The summed E-state index contributed by atoms with van der Waals surface area (Å²) in [4.78, 5) is 26.8. The van der Waals surface area contributed by atoms with E-state index in [4.69, 9.17) is 5.26 Å². The molecule has 0 radical (unpaired) electrons. The molecular formula is C15H16FN3O2. The van der Waals surface area contributed by atoms with Gasteiger partial charge in [-0.05, 0) is 26.0 Å². The number of halogens is 1. The van der Waals surface area contributed by atoms with Crippen LogP contribution in [0.1, 0.15) is 25.0 Å². The largest absolute Gasteiger partial charge is 0.330 e. The Morgan fingerprint density at radius 3 is 2.57 bits per heavy atom. The van der Waals surface area contributed by atoms with Gasteiger partial charge in [0.2, 0.25) is 0 Å². The lowest BCUT2D eigenvalue weighted by molar-refractivity contribution is -0.157. The van der Waals surface area contributed by atoms with Crippen molar-refractivity contribution in [3.8, 4) is 6.07 Å². The normalized spacial score (nSPS) is 15.6. The van der Waals surface area contributed by atoms with E-state index in [9.17, 15) is 14.0 Å². The summed E-state index contributed by atoms with van der Waals surface area (Å²) in [7, 11) is 0. The van der Waals surface area contributed by atoms with Crippen LogP contribution in [0, 0.1) is 17.1 Å². The van der Waals surface area contributed by atoms with Gasteiger partial charge in [-0.2, -0.15) is 5.26 Å². The van der Waals surface area contributed by atoms with Crippen LogP contribution in [0.5, 0.6) is 0 Å². The summed E-state index contributed by atoms with van der Waals surface area (Å²) in [6.45, 7) is 4.55. The minimum absolute atomic E-state index is 0.0322. The third-order valence-corrected chi connectivity index (χ3v) is 3.51. The highest BCUT2D eigenvalue weighted by molar-refractivity contribution is 6.35. The Balaban J connectivity index is 2.13. The predicted octanol–water partition coefficient (Wildman–Crippen LogP) is 1.28. The molecular weight excluding hydrogens is 273 g/mol. The maximum atomic E-state index is 13.8. The third kappa shape index (κ3) is 3.02. The van der Waals surface area contributed by atoms with Gasteiger partial charge in [0.25, 0.3) is 0 Å². The first kappa shape index (κ1) is 15.0. The van der Waals surface area contributed by atoms with Crippen LogP contribution in [0.15, 0.2) is 18.2 Å². The lowest BCUT2D eigenvalue weighted by atomic mass is 10.1. The Kier molecular flexibility index (Phi) is 4.22. The second kappa shape index (κ2) is 5.92. The Labute approximate surface area is 122 Å². The molecule has 5 nitrogen and oxygen atoms in total. The van der Waals surface area contributed by atoms with Crippen LogP contribution in [-0.4, -0.2) is 40.7 Å². The molecule has 1 heterocycles. The average molecular weight is 289 g/mol. The summed E-state index contributed by atoms with van der Waals surface area (Å²) in [5.41, 5.74) is 0.524. The van der Waals surface area contributed by atoms with Gasteiger partial charge in [-0.15, -0.1) is 0 Å². The number of rotatable bonds is 3. The van der Waals surface area contributed by atoms with E-state index in [0.717, 1.165) is 6.07 Å². The zero-order valence-corrected chi connectivity index (χ0v) is 12.0. The molecule has 1 aliphatic rings. The maximum Gasteiger partial charge on any atom is 0.312 e. The van der Waals surface area contributed by atoms with E-state index in [1.807, 2.05) is 19.9 Å². The van der Waals surface area contributed by atoms with Gasteiger partial charge in [0, 0.05) is 31.2 Å². The maximum absolute atomic E-state index is 13.8. The average Bonchev–Trinajstić information content (AvgIpc) is 2.45. The molecule has 0 aliphatic carbocycles. The molecule has 6 heteroatoms. The predicted molar refractivity (Wildman–Crippen MR) is 73.4 cm³/mol.